The standard InChI is InChI=1S/C13H25N3O2/c1-2-11-3-4-16(12(9-11)10-14)13(17)15-5-7-18-8-6-15/h11-12H,2-10,14H2,1H3. The summed E-state index contributed by atoms with van der Waals surface area (Å²) in [5.74, 6) is 0.729. The van der Waals surface area contributed by atoms with E-state index in [4.69, 9.17) is 10.5 Å². The largest absolute Gasteiger partial charge is 0.378 e. The van der Waals surface area contributed by atoms with Gasteiger partial charge in [0.15, 0.2) is 0 Å². The first kappa shape index (κ1) is 13.6. The van der Waals surface area contributed by atoms with E-state index in [0.717, 1.165) is 25.3 Å². The van der Waals surface area contributed by atoms with Gasteiger partial charge < -0.3 is 20.3 Å². The zero-order chi connectivity index (χ0) is 13.0. The summed E-state index contributed by atoms with van der Waals surface area (Å²) in [6, 6.07) is 0.377. The lowest BCUT2D eigenvalue weighted by Crippen LogP contribution is -2.56. The Morgan fingerprint density at radius 2 is 2.06 bits per heavy atom. The molecule has 2 aliphatic rings. The number of morpholine rings is 1. The molecule has 0 radical (unpaired) electrons. The lowest BCUT2D eigenvalue weighted by Gasteiger charge is -2.42. The molecule has 5 heteroatoms. The second-order valence-electron chi connectivity index (χ2n) is 5.26. The molecular formula is C13H25N3O2. The number of hydrogen-bond acceptors (Lipinski definition) is 3. The van der Waals surface area contributed by atoms with Crippen molar-refractivity contribution in [2.75, 3.05) is 39.4 Å². The number of hydrogen-bond donors (Lipinski definition) is 1. The molecule has 0 aromatic rings. The number of likely N-dealkylation sites (tertiary alicyclic amines) is 1. The van der Waals surface area contributed by atoms with Crippen LogP contribution in [0.5, 0.6) is 0 Å². The van der Waals surface area contributed by atoms with Crippen molar-refractivity contribution < 1.29 is 9.53 Å². The highest BCUT2D eigenvalue weighted by atomic mass is 16.5. The molecule has 18 heavy (non-hydrogen) atoms. The topological polar surface area (TPSA) is 58.8 Å². The van der Waals surface area contributed by atoms with E-state index >= 15 is 0 Å². The molecule has 2 aliphatic heterocycles. The van der Waals surface area contributed by atoms with E-state index in [-0.39, 0.29) is 12.1 Å². The maximum atomic E-state index is 12.5. The van der Waals surface area contributed by atoms with Crippen LogP contribution in [0.15, 0.2) is 0 Å². The third-order valence-electron chi connectivity index (χ3n) is 4.20. The van der Waals surface area contributed by atoms with Crippen molar-refractivity contribution in [3.63, 3.8) is 0 Å². The number of carbonyl (C=O) groups excluding carboxylic acids is 1. The minimum Gasteiger partial charge on any atom is -0.378 e. The van der Waals surface area contributed by atoms with E-state index < -0.39 is 0 Å². The van der Waals surface area contributed by atoms with Crippen LogP contribution in [0.4, 0.5) is 4.79 Å². The summed E-state index contributed by atoms with van der Waals surface area (Å²) in [4.78, 5) is 16.3. The molecule has 0 aromatic heterocycles. The van der Waals surface area contributed by atoms with Crippen molar-refractivity contribution in [3.05, 3.63) is 0 Å². The van der Waals surface area contributed by atoms with Crippen LogP contribution in [0.3, 0.4) is 0 Å². The zero-order valence-electron chi connectivity index (χ0n) is 11.3. The van der Waals surface area contributed by atoms with Crippen LogP contribution in [0.1, 0.15) is 26.2 Å². The first-order valence-electron chi connectivity index (χ1n) is 7.09. The molecule has 2 atom stereocenters. The van der Waals surface area contributed by atoms with E-state index in [1.54, 1.807) is 0 Å². The van der Waals surface area contributed by atoms with E-state index in [1.165, 1.54) is 6.42 Å². The molecule has 0 aliphatic carbocycles. The van der Waals surface area contributed by atoms with Crippen LogP contribution in [-0.2, 0) is 4.74 Å². The fraction of sp³-hybridized carbons (Fsp3) is 0.923. The third-order valence-corrected chi connectivity index (χ3v) is 4.20. The Morgan fingerprint density at radius 3 is 2.67 bits per heavy atom. The number of nitrogens with two attached hydrogens (primary N) is 1. The van der Waals surface area contributed by atoms with Gasteiger partial charge in [0.25, 0.3) is 0 Å². The molecule has 104 valence electrons. The number of rotatable bonds is 2. The van der Waals surface area contributed by atoms with Gasteiger partial charge in [0.1, 0.15) is 0 Å². The highest BCUT2D eigenvalue weighted by Crippen LogP contribution is 2.25. The van der Waals surface area contributed by atoms with Crippen molar-refractivity contribution in [2.24, 2.45) is 11.7 Å². The number of nitrogens with zero attached hydrogens (tertiary/aromatic N) is 2. The lowest BCUT2D eigenvalue weighted by molar-refractivity contribution is 0.0327. The first-order valence-corrected chi connectivity index (χ1v) is 7.09. The fourth-order valence-corrected chi connectivity index (χ4v) is 2.92. The van der Waals surface area contributed by atoms with Gasteiger partial charge in [-0.15, -0.1) is 0 Å². The predicted octanol–water partition coefficient (Wildman–Crippen LogP) is 0.888. The maximum Gasteiger partial charge on any atom is 0.320 e. The molecule has 2 saturated heterocycles. The number of urea groups is 1. The van der Waals surface area contributed by atoms with Gasteiger partial charge in [-0.3, -0.25) is 0 Å². The van der Waals surface area contributed by atoms with Crippen LogP contribution >= 0.6 is 0 Å². The smallest absolute Gasteiger partial charge is 0.320 e. The summed E-state index contributed by atoms with van der Waals surface area (Å²) in [6.07, 6.45) is 3.36. The first-order chi connectivity index (χ1) is 8.76. The highest BCUT2D eigenvalue weighted by molar-refractivity contribution is 5.75. The molecule has 2 N–H and O–H groups in total. The van der Waals surface area contributed by atoms with Gasteiger partial charge in [0, 0.05) is 32.2 Å². The van der Waals surface area contributed by atoms with E-state index in [1.807, 2.05) is 9.80 Å². The molecule has 0 saturated carbocycles. The highest BCUT2D eigenvalue weighted by Gasteiger charge is 2.32. The normalized spacial score (nSPS) is 29.4. The number of carbonyl (C=O) groups is 1. The SMILES string of the molecule is CCC1CCN(C(=O)N2CCOCC2)C(CN)C1. The van der Waals surface area contributed by atoms with Gasteiger partial charge in [0.05, 0.1) is 13.2 Å². The molecule has 2 amide bonds. The molecule has 0 aromatic carbocycles. The summed E-state index contributed by atoms with van der Waals surface area (Å²) in [7, 11) is 0. The number of piperidine rings is 1. The maximum absolute atomic E-state index is 12.5. The van der Waals surface area contributed by atoms with E-state index in [0.29, 0.717) is 32.8 Å². The van der Waals surface area contributed by atoms with Crippen molar-refractivity contribution in [1.29, 1.82) is 0 Å². The summed E-state index contributed by atoms with van der Waals surface area (Å²) >= 11 is 0. The Hall–Kier alpha value is -0.810. The average molecular weight is 255 g/mol. The van der Waals surface area contributed by atoms with Crippen LogP contribution in [0.25, 0.3) is 0 Å². The van der Waals surface area contributed by atoms with Gasteiger partial charge in [-0.2, -0.15) is 0 Å². The van der Waals surface area contributed by atoms with Gasteiger partial charge in [-0.25, -0.2) is 4.79 Å². The van der Waals surface area contributed by atoms with Gasteiger partial charge in [-0.1, -0.05) is 13.3 Å². The van der Waals surface area contributed by atoms with Crippen molar-refractivity contribution >= 4 is 6.03 Å². The Kier molecular flexibility index (Phi) is 4.83. The third kappa shape index (κ3) is 2.95. The Balaban J connectivity index is 1.95. The Bertz CT molecular complexity index is 279. The molecule has 0 bridgehead atoms. The van der Waals surface area contributed by atoms with Crippen molar-refractivity contribution in [2.45, 2.75) is 32.2 Å². The molecule has 2 unspecified atom stereocenters. The molecule has 2 heterocycles. The van der Waals surface area contributed by atoms with E-state index in [9.17, 15) is 4.79 Å². The van der Waals surface area contributed by atoms with Gasteiger partial charge >= 0.3 is 6.03 Å². The quantitative estimate of drug-likeness (QED) is 0.797. The second kappa shape index (κ2) is 6.38. The minimum atomic E-state index is 0.156. The second-order valence-corrected chi connectivity index (χ2v) is 5.26. The monoisotopic (exact) mass is 255 g/mol. The molecule has 5 nitrogen and oxygen atoms in total. The zero-order valence-corrected chi connectivity index (χ0v) is 11.3. The Morgan fingerprint density at radius 1 is 1.33 bits per heavy atom. The average Bonchev–Trinajstić information content (AvgIpc) is 2.46. The summed E-state index contributed by atoms with van der Waals surface area (Å²) < 4.78 is 5.29. The van der Waals surface area contributed by atoms with Crippen LogP contribution < -0.4 is 5.73 Å². The number of amides is 2. The van der Waals surface area contributed by atoms with Gasteiger partial charge in [-0.05, 0) is 18.8 Å². The van der Waals surface area contributed by atoms with Crippen LogP contribution in [-0.4, -0.2) is 61.3 Å². The predicted molar refractivity (Wildman–Crippen MR) is 70.4 cm³/mol. The molecule has 2 fully saturated rings. The molecular weight excluding hydrogens is 230 g/mol. The fourth-order valence-electron chi connectivity index (χ4n) is 2.92. The van der Waals surface area contributed by atoms with Crippen molar-refractivity contribution in [1.82, 2.24) is 9.80 Å². The molecule has 2 rings (SSSR count). The number of ether oxygens (including phenoxy) is 1. The summed E-state index contributed by atoms with van der Waals surface area (Å²) in [6.45, 7) is 6.39. The summed E-state index contributed by atoms with van der Waals surface area (Å²) in [5.41, 5.74) is 5.84. The summed E-state index contributed by atoms with van der Waals surface area (Å²) in [5, 5.41) is 0. The van der Waals surface area contributed by atoms with Crippen LogP contribution in [0.2, 0.25) is 0 Å². The van der Waals surface area contributed by atoms with Crippen LogP contribution in [0, 0.1) is 5.92 Å². The van der Waals surface area contributed by atoms with E-state index in [2.05, 4.69) is 6.92 Å². The minimum absolute atomic E-state index is 0.156. The molecule has 0 spiro atoms. The Labute approximate surface area is 109 Å². The van der Waals surface area contributed by atoms with Crippen molar-refractivity contribution in [3.8, 4) is 0 Å². The lowest BCUT2D eigenvalue weighted by atomic mass is 9.89. The van der Waals surface area contributed by atoms with Gasteiger partial charge in [0.2, 0.25) is 0 Å².